The maximum absolute atomic E-state index is 13.3. The van der Waals surface area contributed by atoms with Gasteiger partial charge in [-0.1, -0.05) is 23.9 Å². The molecule has 0 spiro atoms. The third-order valence-corrected chi connectivity index (χ3v) is 6.53. The lowest BCUT2D eigenvalue weighted by Gasteiger charge is -2.17. The van der Waals surface area contributed by atoms with E-state index in [-0.39, 0.29) is 24.4 Å². The number of carbonyl (C=O) groups excluding carboxylic acids is 2. The summed E-state index contributed by atoms with van der Waals surface area (Å²) in [5.41, 5.74) is 1.86. The number of nitrogens with zero attached hydrogens (tertiary/aromatic N) is 2. The van der Waals surface area contributed by atoms with Crippen molar-refractivity contribution >= 4 is 46.1 Å². The van der Waals surface area contributed by atoms with E-state index < -0.39 is 22.9 Å². The molecule has 0 aromatic heterocycles. The Morgan fingerprint density at radius 2 is 1.72 bits per heavy atom. The van der Waals surface area contributed by atoms with Gasteiger partial charge in [0.15, 0.2) is 5.17 Å². The highest BCUT2D eigenvalue weighted by Gasteiger charge is 2.39. The van der Waals surface area contributed by atoms with E-state index in [1.807, 2.05) is 12.1 Å². The second-order valence-corrected chi connectivity index (χ2v) is 9.05. The van der Waals surface area contributed by atoms with Crippen molar-refractivity contribution in [2.24, 2.45) is 4.99 Å². The normalized spacial score (nSPS) is 16.3. The molecule has 1 aliphatic rings. The van der Waals surface area contributed by atoms with Crippen molar-refractivity contribution in [3.8, 4) is 5.75 Å². The SMILES string of the molecule is COc1ccc(CN2C(=O)C(CC(=O)Nc3ccc(C(=O)O)cc3)SC2=Nc2ccc(F)cc2)cc1. The molecule has 0 saturated carbocycles. The van der Waals surface area contributed by atoms with Crippen LogP contribution in [0.2, 0.25) is 0 Å². The Labute approximate surface area is 210 Å². The fraction of sp³-hybridized carbons (Fsp3) is 0.154. The van der Waals surface area contributed by atoms with Crippen LogP contribution < -0.4 is 10.1 Å². The van der Waals surface area contributed by atoms with Crippen molar-refractivity contribution in [2.45, 2.75) is 18.2 Å². The molecule has 4 rings (SSSR count). The minimum absolute atomic E-state index is 0.102. The smallest absolute Gasteiger partial charge is 0.335 e. The van der Waals surface area contributed by atoms with Gasteiger partial charge in [0.05, 0.1) is 24.9 Å². The van der Waals surface area contributed by atoms with Gasteiger partial charge in [0.25, 0.3) is 0 Å². The highest BCUT2D eigenvalue weighted by molar-refractivity contribution is 8.15. The number of aromatic carboxylic acids is 1. The van der Waals surface area contributed by atoms with Gasteiger partial charge in [0.2, 0.25) is 11.8 Å². The summed E-state index contributed by atoms with van der Waals surface area (Å²) < 4.78 is 18.5. The molecule has 1 saturated heterocycles. The van der Waals surface area contributed by atoms with Gasteiger partial charge in [-0.15, -0.1) is 0 Å². The van der Waals surface area contributed by atoms with Crippen molar-refractivity contribution < 1.29 is 28.6 Å². The highest BCUT2D eigenvalue weighted by atomic mass is 32.2. The van der Waals surface area contributed by atoms with E-state index >= 15 is 0 Å². The molecule has 184 valence electrons. The number of carboxylic acids is 1. The quantitative estimate of drug-likeness (QED) is 0.458. The van der Waals surface area contributed by atoms with E-state index in [4.69, 9.17) is 9.84 Å². The summed E-state index contributed by atoms with van der Waals surface area (Å²) in [7, 11) is 1.57. The maximum Gasteiger partial charge on any atom is 0.335 e. The second-order valence-electron chi connectivity index (χ2n) is 7.88. The number of hydrogen-bond donors (Lipinski definition) is 2. The lowest BCUT2D eigenvalue weighted by atomic mass is 10.2. The molecule has 1 fully saturated rings. The molecule has 1 aliphatic heterocycles. The van der Waals surface area contributed by atoms with Gasteiger partial charge in [0.1, 0.15) is 16.8 Å². The van der Waals surface area contributed by atoms with Crippen molar-refractivity contribution in [3.63, 3.8) is 0 Å². The second kappa shape index (κ2) is 11.0. The van der Waals surface area contributed by atoms with E-state index in [0.29, 0.717) is 22.3 Å². The summed E-state index contributed by atoms with van der Waals surface area (Å²) in [5.74, 6) is -1.43. The molecule has 1 unspecified atom stereocenters. The first-order valence-electron chi connectivity index (χ1n) is 10.9. The number of rotatable bonds is 8. The average molecular weight is 508 g/mol. The van der Waals surface area contributed by atoms with Gasteiger partial charge in [-0.2, -0.15) is 0 Å². The van der Waals surface area contributed by atoms with Crippen LogP contribution in [0.4, 0.5) is 15.8 Å². The summed E-state index contributed by atoms with van der Waals surface area (Å²) in [6.07, 6.45) is -0.105. The first-order chi connectivity index (χ1) is 17.3. The van der Waals surface area contributed by atoms with Crippen LogP contribution in [-0.4, -0.2) is 45.3 Å². The van der Waals surface area contributed by atoms with Crippen molar-refractivity contribution in [1.82, 2.24) is 4.90 Å². The standard InChI is InChI=1S/C26H22FN3O5S/c1-35-21-12-2-16(3-13-21)15-30-24(32)22(36-26(30)29-20-10-6-18(27)7-11-20)14-23(31)28-19-8-4-17(5-9-19)25(33)34/h2-13,22H,14-15H2,1H3,(H,28,31)(H,33,34). The number of carboxylic acid groups (broad SMARTS) is 1. The van der Waals surface area contributed by atoms with Gasteiger partial charge < -0.3 is 15.2 Å². The van der Waals surface area contributed by atoms with Crippen LogP contribution in [0.5, 0.6) is 5.75 Å². The molecular formula is C26H22FN3O5S. The Kier molecular flexibility index (Phi) is 7.65. The van der Waals surface area contributed by atoms with Crippen molar-refractivity contribution in [2.75, 3.05) is 12.4 Å². The lowest BCUT2D eigenvalue weighted by molar-refractivity contribution is -0.128. The van der Waals surface area contributed by atoms with Crippen molar-refractivity contribution in [1.29, 1.82) is 0 Å². The molecule has 1 atom stereocenters. The number of amides is 2. The molecule has 2 N–H and O–H groups in total. The molecule has 3 aromatic rings. The number of nitrogens with one attached hydrogen (secondary N) is 1. The van der Waals surface area contributed by atoms with E-state index in [1.54, 1.807) is 19.2 Å². The Hall–Kier alpha value is -4.18. The van der Waals surface area contributed by atoms with Crippen LogP contribution in [0.3, 0.4) is 0 Å². The fourth-order valence-corrected chi connectivity index (χ4v) is 4.64. The van der Waals surface area contributed by atoms with Gasteiger partial charge in [-0.25, -0.2) is 14.2 Å². The number of halogens is 1. The van der Waals surface area contributed by atoms with Gasteiger partial charge in [0, 0.05) is 12.1 Å². The molecule has 0 radical (unpaired) electrons. The predicted octanol–water partition coefficient (Wildman–Crippen LogP) is 4.69. The van der Waals surface area contributed by atoms with E-state index in [0.717, 1.165) is 5.56 Å². The largest absolute Gasteiger partial charge is 0.497 e. The molecule has 1 heterocycles. The Morgan fingerprint density at radius 1 is 1.06 bits per heavy atom. The summed E-state index contributed by atoms with van der Waals surface area (Å²) in [4.78, 5) is 43.0. The number of ether oxygens (including phenoxy) is 1. The number of amidine groups is 1. The monoisotopic (exact) mass is 507 g/mol. The minimum atomic E-state index is -1.06. The molecular weight excluding hydrogens is 485 g/mol. The molecule has 0 aliphatic carbocycles. The Morgan fingerprint density at radius 3 is 2.33 bits per heavy atom. The number of aliphatic imine (C=N–C) groups is 1. The zero-order chi connectivity index (χ0) is 25.7. The summed E-state index contributed by atoms with van der Waals surface area (Å²) in [6.45, 7) is 0.241. The molecule has 0 bridgehead atoms. The zero-order valence-corrected chi connectivity index (χ0v) is 20.0. The third kappa shape index (κ3) is 6.08. The number of thioether (sulfide) groups is 1. The van der Waals surface area contributed by atoms with E-state index in [2.05, 4.69) is 10.3 Å². The number of methoxy groups -OCH3 is 1. The van der Waals surface area contributed by atoms with E-state index in [1.165, 1.54) is 65.2 Å². The average Bonchev–Trinajstić information content (AvgIpc) is 3.14. The molecule has 3 aromatic carbocycles. The van der Waals surface area contributed by atoms with Crippen LogP contribution >= 0.6 is 11.8 Å². The van der Waals surface area contributed by atoms with Crippen molar-refractivity contribution in [3.05, 3.63) is 89.7 Å². The van der Waals surface area contributed by atoms with E-state index in [9.17, 15) is 18.8 Å². The fourth-order valence-electron chi connectivity index (χ4n) is 3.49. The minimum Gasteiger partial charge on any atom is -0.497 e. The first-order valence-corrected chi connectivity index (χ1v) is 11.8. The topological polar surface area (TPSA) is 108 Å². The first kappa shape index (κ1) is 24.9. The van der Waals surface area contributed by atoms with Crippen LogP contribution in [0.15, 0.2) is 77.8 Å². The van der Waals surface area contributed by atoms with Gasteiger partial charge >= 0.3 is 5.97 Å². The molecule has 2 amide bonds. The number of benzene rings is 3. The number of carbonyl (C=O) groups is 3. The maximum atomic E-state index is 13.3. The number of hydrogen-bond acceptors (Lipinski definition) is 6. The number of anilines is 1. The zero-order valence-electron chi connectivity index (χ0n) is 19.2. The summed E-state index contributed by atoms with van der Waals surface area (Å²) in [5, 5.41) is 11.4. The van der Waals surface area contributed by atoms with Crippen LogP contribution in [0.1, 0.15) is 22.3 Å². The Bertz CT molecular complexity index is 1290. The van der Waals surface area contributed by atoms with Gasteiger partial charge in [-0.05, 0) is 66.2 Å². The van der Waals surface area contributed by atoms with Gasteiger partial charge in [-0.3, -0.25) is 14.5 Å². The summed E-state index contributed by atoms with van der Waals surface area (Å²) >= 11 is 1.17. The highest BCUT2D eigenvalue weighted by Crippen LogP contribution is 2.33. The lowest BCUT2D eigenvalue weighted by Crippen LogP contribution is -2.33. The van der Waals surface area contributed by atoms with Crippen LogP contribution in [-0.2, 0) is 16.1 Å². The Balaban J connectivity index is 1.51. The molecule has 10 heteroatoms. The van der Waals surface area contributed by atoms with Crippen LogP contribution in [0, 0.1) is 5.82 Å². The summed E-state index contributed by atoms with van der Waals surface area (Å²) in [6, 6.07) is 18.6. The molecule has 8 nitrogen and oxygen atoms in total. The molecule has 36 heavy (non-hydrogen) atoms. The predicted molar refractivity (Wildman–Crippen MR) is 135 cm³/mol. The van der Waals surface area contributed by atoms with Crippen LogP contribution in [0.25, 0.3) is 0 Å². The third-order valence-electron chi connectivity index (χ3n) is 5.36.